The van der Waals surface area contributed by atoms with Gasteiger partial charge in [-0.05, 0) is 43.9 Å². The number of allylic oxidation sites excluding steroid dienone is 2. The van der Waals surface area contributed by atoms with Gasteiger partial charge in [0.15, 0.2) is 0 Å². The molecule has 15 heavy (non-hydrogen) atoms. The van der Waals surface area contributed by atoms with Gasteiger partial charge in [-0.3, -0.25) is 0 Å². The minimum atomic E-state index is -0.301. The zero-order valence-electron chi connectivity index (χ0n) is 9.52. The van der Waals surface area contributed by atoms with Crippen molar-refractivity contribution in [3.63, 3.8) is 0 Å². The second-order valence-electron chi connectivity index (χ2n) is 5.33. The van der Waals surface area contributed by atoms with Crippen molar-refractivity contribution in [2.75, 3.05) is 0 Å². The second kappa shape index (κ2) is 4.26. The Hall–Kier alpha value is -0.340. The molecule has 0 aromatic rings. The highest BCUT2D eigenvalue weighted by atomic mass is 16.3. The van der Waals surface area contributed by atoms with E-state index in [0.717, 1.165) is 38.5 Å². The van der Waals surface area contributed by atoms with Crippen molar-refractivity contribution in [2.45, 2.75) is 57.7 Å². The van der Waals surface area contributed by atoms with Crippen molar-refractivity contribution in [3.05, 3.63) is 12.2 Å². The lowest BCUT2D eigenvalue weighted by molar-refractivity contribution is -0.0827. The second-order valence-corrected chi connectivity index (χ2v) is 5.33. The standard InChI is InChI=1S/C13H22O2/c1-2-10-11(14)8-13(9-12(10)15)6-4-3-5-7-13/h3-4,10-12,14-15H,2,5-9H2,1H3. The summed E-state index contributed by atoms with van der Waals surface area (Å²) in [5.41, 5.74) is 0.194. The van der Waals surface area contributed by atoms with E-state index < -0.39 is 0 Å². The first-order chi connectivity index (χ1) is 7.17. The molecule has 0 aromatic heterocycles. The molecular weight excluding hydrogens is 188 g/mol. The Morgan fingerprint density at radius 2 is 1.87 bits per heavy atom. The van der Waals surface area contributed by atoms with Gasteiger partial charge in [0, 0.05) is 5.92 Å². The topological polar surface area (TPSA) is 40.5 Å². The van der Waals surface area contributed by atoms with E-state index in [0.29, 0.717) is 0 Å². The first-order valence-corrected chi connectivity index (χ1v) is 6.18. The highest BCUT2D eigenvalue weighted by molar-refractivity contribution is 5.03. The summed E-state index contributed by atoms with van der Waals surface area (Å²) in [6, 6.07) is 0. The monoisotopic (exact) mass is 210 g/mol. The molecule has 2 aliphatic carbocycles. The number of hydrogen-bond donors (Lipinski definition) is 2. The minimum absolute atomic E-state index is 0.0986. The van der Waals surface area contributed by atoms with E-state index in [1.807, 2.05) is 0 Å². The molecule has 0 bridgehead atoms. The Kier molecular flexibility index (Phi) is 3.17. The van der Waals surface area contributed by atoms with E-state index in [1.54, 1.807) is 0 Å². The van der Waals surface area contributed by atoms with E-state index in [4.69, 9.17) is 0 Å². The molecule has 0 amide bonds. The van der Waals surface area contributed by atoms with Gasteiger partial charge < -0.3 is 10.2 Å². The maximum atomic E-state index is 10.1. The molecule has 1 fully saturated rings. The molecule has 0 aliphatic heterocycles. The Morgan fingerprint density at radius 1 is 1.20 bits per heavy atom. The van der Waals surface area contributed by atoms with Crippen molar-refractivity contribution in [2.24, 2.45) is 11.3 Å². The molecule has 2 atom stereocenters. The first-order valence-electron chi connectivity index (χ1n) is 6.18. The summed E-state index contributed by atoms with van der Waals surface area (Å²) in [6.07, 6.45) is 9.76. The lowest BCUT2D eigenvalue weighted by atomic mass is 9.62. The van der Waals surface area contributed by atoms with Crippen molar-refractivity contribution < 1.29 is 10.2 Å². The number of aliphatic hydroxyl groups excluding tert-OH is 2. The third kappa shape index (κ3) is 2.11. The van der Waals surface area contributed by atoms with Gasteiger partial charge >= 0.3 is 0 Å². The molecule has 2 heteroatoms. The molecule has 2 unspecified atom stereocenters. The van der Waals surface area contributed by atoms with Crippen molar-refractivity contribution in [1.82, 2.24) is 0 Å². The quantitative estimate of drug-likeness (QED) is 0.652. The normalized spacial score (nSPS) is 45.9. The molecule has 2 rings (SSSR count). The van der Waals surface area contributed by atoms with E-state index in [2.05, 4.69) is 19.1 Å². The van der Waals surface area contributed by atoms with Crippen LogP contribution in [0.3, 0.4) is 0 Å². The van der Waals surface area contributed by atoms with Gasteiger partial charge in [-0.25, -0.2) is 0 Å². The van der Waals surface area contributed by atoms with Crippen LogP contribution in [0, 0.1) is 11.3 Å². The molecule has 0 heterocycles. The van der Waals surface area contributed by atoms with Gasteiger partial charge in [-0.1, -0.05) is 19.1 Å². The van der Waals surface area contributed by atoms with Crippen LogP contribution in [0.5, 0.6) is 0 Å². The van der Waals surface area contributed by atoms with Crippen LogP contribution in [0.15, 0.2) is 12.2 Å². The minimum Gasteiger partial charge on any atom is -0.393 e. The van der Waals surface area contributed by atoms with E-state index in [-0.39, 0.29) is 23.5 Å². The van der Waals surface area contributed by atoms with Crippen molar-refractivity contribution >= 4 is 0 Å². The lowest BCUT2D eigenvalue weighted by Crippen LogP contribution is -2.45. The summed E-state index contributed by atoms with van der Waals surface area (Å²) in [5, 5.41) is 20.1. The van der Waals surface area contributed by atoms with Crippen LogP contribution in [0.2, 0.25) is 0 Å². The van der Waals surface area contributed by atoms with Crippen LogP contribution < -0.4 is 0 Å². The first kappa shape index (κ1) is 11.2. The predicted octanol–water partition coefficient (Wildman–Crippen LogP) is 2.25. The largest absolute Gasteiger partial charge is 0.393 e. The third-order valence-electron chi connectivity index (χ3n) is 4.30. The molecule has 0 aromatic carbocycles. The molecule has 2 N–H and O–H groups in total. The highest BCUT2D eigenvalue weighted by Crippen LogP contribution is 2.47. The number of hydrogen-bond acceptors (Lipinski definition) is 2. The predicted molar refractivity (Wildman–Crippen MR) is 60.5 cm³/mol. The number of rotatable bonds is 1. The summed E-state index contributed by atoms with van der Waals surface area (Å²) in [4.78, 5) is 0. The summed E-state index contributed by atoms with van der Waals surface area (Å²) in [5.74, 6) is 0.0986. The molecule has 1 spiro atoms. The Morgan fingerprint density at radius 3 is 2.33 bits per heavy atom. The maximum absolute atomic E-state index is 10.1. The smallest absolute Gasteiger partial charge is 0.0598 e. The van der Waals surface area contributed by atoms with Gasteiger partial charge in [-0.15, -0.1) is 0 Å². The summed E-state index contributed by atoms with van der Waals surface area (Å²) in [6.45, 7) is 2.05. The van der Waals surface area contributed by atoms with E-state index in [1.165, 1.54) is 0 Å². The van der Waals surface area contributed by atoms with Crippen LogP contribution in [0.25, 0.3) is 0 Å². The van der Waals surface area contributed by atoms with Crippen LogP contribution in [0.1, 0.15) is 45.4 Å². The Bertz CT molecular complexity index is 235. The average Bonchev–Trinajstić information content (AvgIpc) is 2.18. The molecule has 2 aliphatic rings. The highest BCUT2D eigenvalue weighted by Gasteiger charge is 2.43. The van der Waals surface area contributed by atoms with Crippen molar-refractivity contribution in [3.8, 4) is 0 Å². The molecule has 2 nitrogen and oxygen atoms in total. The summed E-state index contributed by atoms with van der Waals surface area (Å²) in [7, 11) is 0. The van der Waals surface area contributed by atoms with Crippen LogP contribution in [-0.4, -0.2) is 22.4 Å². The molecular formula is C13H22O2. The fourth-order valence-electron chi connectivity index (χ4n) is 3.39. The van der Waals surface area contributed by atoms with Crippen LogP contribution in [0.4, 0.5) is 0 Å². The Balaban J connectivity index is 2.09. The van der Waals surface area contributed by atoms with Gasteiger partial charge in [0.2, 0.25) is 0 Å². The molecule has 86 valence electrons. The van der Waals surface area contributed by atoms with Crippen LogP contribution in [-0.2, 0) is 0 Å². The van der Waals surface area contributed by atoms with Gasteiger partial charge in [0.05, 0.1) is 12.2 Å². The summed E-state index contributed by atoms with van der Waals surface area (Å²) < 4.78 is 0. The van der Waals surface area contributed by atoms with Gasteiger partial charge in [-0.2, -0.15) is 0 Å². The fourth-order valence-corrected chi connectivity index (χ4v) is 3.39. The fraction of sp³-hybridized carbons (Fsp3) is 0.846. The maximum Gasteiger partial charge on any atom is 0.0598 e. The third-order valence-corrected chi connectivity index (χ3v) is 4.30. The molecule has 1 saturated carbocycles. The van der Waals surface area contributed by atoms with E-state index >= 15 is 0 Å². The van der Waals surface area contributed by atoms with Crippen molar-refractivity contribution in [1.29, 1.82) is 0 Å². The zero-order valence-corrected chi connectivity index (χ0v) is 9.52. The van der Waals surface area contributed by atoms with Crippen LogP contribution >= 0.6 is 0 Å². The number of aliphatic hydroxyl groups is 2. The average molecular weight is 210 g/mol. The molecule has 0 radical (unpaired) electrons. The van der Waals surface area contributed by atoms with E-state index in [9.17, 15) is 10.2 Å². The zero-order chi connectivity index (χ0) is 10.9. The van der Waals surface area contributed by atoms with Gasteiger partial charge in [0.25, 0.3) is 0 Å². The lowest BCUT2D eigenvalue weighted by Gasteiger charge is -2.46. The Labute approximate surface area is 92.0 Å². The molecule has 0 saturated heterocycles. The SMILES string of the molecule is CCC1C(O)CC2(CC=CCC2)CC1O. The van der Waals surface area contributed by atoms with Gasteiger partial charge in [0.1, 0.15) is 0 Å². The summed E-state index contributed by atoms with van der Waals surface area (Å²) >= 11 is 0.